The van der Waals surface area contributed by atoms with Crippen LogP contribution in [0.25, 0.3) is 0 Å². The first-order valence-corrected chi connectivity index (χ1v) is 10.5. The number of carbonyl (C=O) groups is 1. The van der Waals surface area contributed by atoms with Crippen molar-refractivity contribution in [1.29, 1.82) is 0 Å². The number of nitrogens with zero attached hydrogens (tertiary/aromatic N) is 2. The highest BCUT2D eigenvalue weighted by Gasteiger charge is 2.22. The van der Waals surface area contributed by atoms with Gasteiger partial charge in [0.1, 0.15) is 24.6 Å². The summed E-state index contributed by atoms with van der Waals surface area (Å²) in [4.78, 5) is 20.2. The molecule has 6 heteroatoms. The van der Waals surface area contributed by atoms with Gasteiger partial charge in [-0.1, -0.05) is 29.8 Å². The maximum Gasteiger partial charge on any atom is 0.230 e. The molecule has 0 radical (unpaired) electrons. The van der Waals surface area contributed by atoms with Crippen LogP contribution in [0.1, 0.15) is 34.9 Å². The van der Waals surface area contributed by atoms with Crippen molar-refractivity contribution >= 4 is 28.1 Å². The molecule has 152 valence electrons. The predicted molar refractivity (Wildman–Crippen MR) is 116 cm³/mol. The SMILES string of the molecule is CC(=O)N(c1nc(C[NH+](C)Cc2ccc(F)cc2)cs1)c1c(C)cc(C)cc1C. The lowest BCUT2D eigenvalue weighted by atomic mass is 10.0. The van der Waals surface area contributed by atoms with Crippen molar-refractivity contribution in [3.63, 3.8) is 0 Å². The number of rotatable bonds is 6. The number of hydrogen-bond donors (Lipinski definition) is 1. The monoisotopic (exact) mass is 412 g/mol. The van der Waals surface area contributed by atoms with Gasteiger partial charge >= 0.3 is 0 Å². The van der Waals surface area contributed by atoms with E-state index in [0.717, 1.165) is 41.2 Å². The molecular formula is C23H27FN3OS+. The quantitative estimate of drug-likeness (QED) is 0.662. The Hall–Kier alpha value is -2.57. The molecule has 0 fully saturated rings. The predicted octanol–water partition coefficient (Wildman–Crippen LogP) is 4.11. The van der Waals surface area contributed by atoms with Crippen LogP contribution in [-0.4, -0.2) is 17.9 Å². The van der Waals surface area contributed by atoms with Crippen LogP contribution in [0.2, 0.25) is 0 Å². The molecule has 1 N–H and O–H groups in total. The molecule has 0 bridgehead atoms. The summed E-state index contributed by atoms with van der Waals surface area (Å²) in [5, 5.41) is 2.70. The second-order valence-electron chi connectivity index (χ2n) is 7.66. The van der Waals surface area contributed by atoms with Gasteiger partial charge in [0.25, 0.3) is 0 Å². The van der Waals surface area contributed by atoms with Crippen molar-refractivity contribution < 1.29 is 14.1 Å². The van der Waals surface area contributed by atoms with Gasteiger partial charge in [0.2, 0.25) is 5.91 Å². The molecular weight excluding hydrogens is 385 g/mol. The maximum absolute atomic E-state index is 13.1. The van der Waals surface area contributed by atoms with Gasteiger partial charge in [-0.2, -0.15) is 0 Å². The molecule has 0 aliphatic rings. The fourth-order valence-electron chi connectivity index (χ4n) is 3.72. The number of hydrogen-bond acceptors (Lipinski definition) is 3. The van der Waals surface area contributed by atoms with Gasteiger partial charge in [0.05, 0.1) is 12.7 Å². The number of aryl methyl sites for hydroxylation is 3. The molecule has 29 heavy (non-hydrogen) atoms. The standard InChI is InChI=1S/C23H26FN3OS/c1-15-10-16(2)22(17(3)11-15)27(18(4)28)23-25-21(14-29-23)13-26(5)12-19-6-8-20(24)9-7-19/h6-11,14H,12-13H2,1-5H3/p+1. The van der Waals surface area contributed by atoms with E-state index in [1.54, 1.807) is 11.8 Å². The van der Waals surface area contributed by atoms with Gasteiger partial charge in [-0.05, 0) is 44.0 Å². The second kappa shape index (κ2) is 8.84. The Morgan fingerprint density at radius 2 is 1.72 bits per heavy atom. The Labute approximate surface area is 175 Å². The van der Waals surface area contributed by atoms with E-state index in [1.165, 1.54) is 33.9 Å². The molecule has 3 aromatic rings. The Morgan fingerprint density at radius 1 is 1.10 bits per heavy atom. The highest BCUT2D eigenvalue weighted by Crippen LogP contribution is 2.34. The molecule has 0 saturated carbocycles. The lowest BCUT2D eigenvalue weighted by Crippen LogP contribution is -3.06. The number of thiazole rings is 1. The summed E-state index contributed by atoms with van der Waals surface area (Å²) in [5.74, 6) is -0.269. The molecule has 0 aliphatic carbocycles. The first kappa shape index (κ1) is 21.1. The number of amides is 1. The summed E-state index contributed by atoms with van der Waals surface area (Å²) in [5.41, 5.74) is 6.24. The van der Waals surface area contributed by atoms with Crippen LogP contribution in [0.4, 0.5) is 15.2 Å². The van der Waals surface area contributed by atoms with E-state index in [0.29, 0.717) is 5.13 Å². The summed E-state index contributed by atoms with van der Waals surface area (Å²) in [6.07, 6.45) is 0. The van der Waals surface area contributed by atoms with Gasteiger partial charge in [-0.3, -0.25) is 9.69 Å². The van der Waals surface area contributed by atoms with Gasteiger partial charge < -0.3 is 4.90 Å². The van der Waals surface area contributed by atoms with Crippen molar-refractivity contribution in [2.24, 2.45) is 0 Å². The summed E-state index contributed by atoms with van der Waals surface area (Å²) in [6, 6.07) is 10.8. The third-order valence-corrected chi connectivity index (χ3v) is 5.68. The van der Waals surface area contributed by atoms with Crippen molar-refractivity contribution in [2.75, 3.05) is 11.9 Å². The molecule has 2 aromatic carbocycles. The van der Waals surface area contributed by atoms with Crippen molar-refractivity contribution in [2.45, 2.75) is 40.8 Å². The van der Waals surface area contributed by atoms with Gasteiger partial charge in [-0.25, -0.2) is 9.37 Å². The molecule has 3 rings (SSSR count). The Bertz CT molecular complexity index is 990. The average molecular weight is 413 g/mol. The Morgan fingerprint density at radius 3 is 2.31 bits per heavy atom. The van der Waals surface area contributed by atoms with Crippen molar-refractivity contribution in [1.82, 2.24) is 4.98 Å². The molecule has 1 atom stereocenters. The first-order valence-electron chi connectivity index (χ1n) is 9.63. The number of quaternary nitrogens is 1. The van der Waals surface area contributed by atoms with E-state index in [1.807, 2.05) is 31.4 Å². The second-order valence-corrected chi connectivity index (χ2v) is 8.50. The molecule has 1 heterocycles. The molecule has 0 saturated heterocycles. The highest BCUT2D eigenvalue weighted by atomic mass is 32.1. The van der Waals surface area contributed by atoms with Crippen molar-refractivity contribution in [3.05, 3.63) is 75.5 Å². The number of anilines is 2. The van der Waals surface area contributed by atoms with Crippen LogP contribution in [0, 0.1) is 26.6 Å². The minimum absolute atomic E-state index is 0.0482. The number of nitrogens with one attached hydrogen (secondary N) is 1. The van der Waals surface area contributed by atoms with Crippen LogP contribution >= 0.6 is 11.3 Å². The lowest BCUT2D eigenvalue weighted by Gasteiger charge is -2.23. The fraction of sp³-hybridized carbons (Fsp3) is 0.304. The molecule has 0 spiro atoms. The number of carbonyl (C=O) groups excluding carboxylic acids is 1. The highest BCUT2D eigenvalue weighted by molar-refractivity contribution is 7.14. The smallest absolute Gasteiger partial charge is 0.230 e. The van der Waals surface area contributed by atoms with Gasteiger partial charge in [0.15, 0.2) is 5.13 Å². The van der Waals surface area contributed by atoms with Crippen LogP contribution < -0.4 is 9.80 Å². The van der Waals surface area contributed by atoms with Crippen LogP contribution in [0.5, 0.6) is 0 Å². The zero-order valence-electron chi connectivity index (χ0n) is 17.5. The lowest BCUT2D eigenvalue weighted by molar-refractivity contribution is -0.908. The van der Waals surface area contributed by atoms with Crippen LogP contribution in [0.3, 0.4) is 0 Å². The summed E-state index contributed by atoms with van der Waals surface area (Å²) in [7, 11) is 2.08. The van der Waals surface area contributed by atoms with E-state index >= 15 is 0 Å². The largest absolute Gasteiger partial charge is 0.329 e. The van der Waals surface area contributed by atoms with Crippen LogP contribution in [-0.2, 0) is 17.9 Å². The van der Waals surface area contributed by atoms with E-state index in [2.05, 4.69) is 26.1 Å². The van der Waals surface area contributed by atoms with Gasteiger partial charge in [0, 0.05) is 17.9 Å². The normalized spacial score (nSPS) is 12.1. The minimum Gasteiger partial charge on any atom is -0.329 e. The minimum atomic E-state index is -0.221. The molecule has 1 amide bonds. The number of halogens is 1. The third kappa shape index (κ3) is 5.08. The van der Waals surface area contributed by atoms with Crippen molar-refractivity contribution in [3.8, 4) is 0 Å². The van der Waals surface area contributed by atoms with Gasteiger partial charge in [-0.15, -0.1) is 11.3 Å². The fourth-order valence-corrected chi connectivity index (χ4v) is 4.59. The van der Waals surface area contributed by atoms with Crippen LogP contribution in [0.15, 0.2) is 41.8 Å². The average Bonchev–Trinajstić information content (AvgIpc) is 3.07. The van der Waals surface area contributed by atoms with E-state index in [9.17, 15) is 9.18 Å². The summed E-state index contributed by atoms with van der Waals surface area (Å²) in [6.45, 7) is 9.20. The maximum atomic E-state index is 13.1. The Balaban J connectivity index is 1.79. The molecule has 1 unspecified atom stereocenters. The zero-order chi connectivity index (χ0) is 21.1. The van der Waals surface area contributed by atoms with E-state index in [4.69, 9.17) is 4.98 Å². The number of aromatic nitrogens is 1. The molecule has 0 aliphatic heterocycles. The van der Waals surface area contributed by atoms with E-state index < -0.39 is 0 Å². The summed E-state index contributed by atoms with van der Waals surface area (Å²) >= 11 is 1.48. The molecule has 1 aromatic heterocycles. The first-order chi connectivity index (χ1) is 13.7. The zero-order valence-corrected chi connectivity index (χ0v) is 18.4. The third-order valence-electron chi connectivity index (χ3n) is 4.81. The number of benzene rings is 2. The Kier molecular flexibility index (Phi) is 6.45. The van der Waals surface area contributed by atoms with E-state index in [-0.39, 0.29) is 11.7 Å². The topological polar surface area (TPSA) is 37.6 Å². The molecule has 4 nitrogen and oxygen atoms in total. The summed E-state index contributed by atoms with van der Waals surface area (Å²) < 4.78 is 13.1.